The van der Waals surface area contributed by atoms with E-state index in [9.17, 15) is 0 Å². The molecule has 0 saturated carbocycles. The van der Waals surface area contributed by atoms with Crippen molar-refractivity contribution in [1.29, 1.82) is 0 Å². The first-order valence-electron chi connectivity index (χ1n) is 6.29. The highest BCUT2D eigenvalue weighted by atomic mass is 16.5. The fourth-order valence-electron chi connectivity index (χ4n) is 2.48. The lowest BCUT2D eigenvalue weighted by Gasteiger charge is -2.10. The van der Waals surface area contributed by atoms with Gasteiger partial charge < -0.3 is 9.72 Å². The van der Waals surface area contributed by atoms with Gasteiger partial charge in [0.25, 0.3) is 0 Å². The fourth-order valence-corrected chi connectivity index (χ4v) is 2.48. The van der Waals surface area contributed by atoms with E-state index in [0.29, 0.717) is 0 Å². The van der Waals surface area contributed by atoms with Crippen LogP contribution in [-0.2, 0) is 0 Å². The van der Waals surface area contributed by atoms with E-state index in [0.717, 1.165) is 33.7 Å². The normalized spacial score (nSPS) is 10.9. The predicted octanol–water partition coefficient (Wildman–Crippen LogP) is 3.86. The van der Waals surface area contributed by atoms with Crippen LogP contribution in [0.3, 0.4) is 0 Å². The van der Waals surface area contributed by atoms with Gasteiger partial charge in [0.2, 0.25) is 0 Å². The van der Waals surface area contributed by atoms with E-state index in [1.807, 2.05) is 24.3 Å². The van der Waals surface area contributed by atoms with Crippen LogP contribution in [0.5, 0.6) is 5.75 Å². The number of rotatable bonds is 2. The van der Waals surface area contributed by atoms with Crippen molar-refractivity contribution in [3.8, 4) is 17.1 Å². The summed E-state index contributed by atoms with van der Waals surface area (Å²) >= 11 is 0. The van der Waals surface area contributed by atoms with Crippen LogP contribution in [0.15, 0.2) is 36.4 Å². The van der Waals surface area contributed by atoms with Crippen molar-refractivity contribution in [1.82, 2.24) is 9.97 Å². The van der Waals surface area contributed by atoms with Gasteiger partial charge in [0.05, 0.1) is 23.7 Å². The molecular formula is C16H16N2O. The number of aromatic amines is 1. The van der Waals surface area contributed by atoms with Crippen LogP contribution in [-0.4, -0.2) is 17.1 Å². The number of methoxy groups -OCH3 is 1. The lowest BCUT2D eigenvalue weighted by molar-refractivity contribution is 0.413. The molecule has 0 fully saturated rings. The van der Waals surface area contributed by atoms with Crippen molar-refractivity contribution in [2.75, 3.05) is 7.11 Å². The standard InChI is InChI=1S/C16H16N2O/c1-10-8-11(2)15(19-3)12(9-10)16-17-13-6-4-5-7-14(13)18-16/h4-9H,1-3H3,(H,17,18). The number of nitrogens with zero attached hydrogens (tertiary/aromatic N) is 1. The summed E-state index contributed by atoms with van der Waals surface area (Å²) < 4.78 is 5.52. The highest BCUT2D eigenvalue weighted by Gasteiger charge is 2.13. The molecule has 0 bridgehead atoms. The highest BCUT2D eigenvalue weighted by Crippen LogP contribution is 2.33. The molecule has 0 saturated heterocycles. The van der Waals surface area contributed by atoms with E-state index in [4.69, 9.17) is 4.74 Å². The van der Waals surface area contributed by atoms with Gasteiger partial charge in [-0.1, -0.05) is 18.2 Å². The van der Waals surface area contributed by atoms with Crippen molar-refractivity contribution in [3.63, 3.8) is 0 Å². The maximum Gasteiger partial charge on any atom is 0.142 e. The number of ether oxygens (including phenoxy) is 1. The van der Waals surface area contributed by atoms with Crippen LogP contribution >= 0.6 is 0 Å². The molecule has 2 aromatic carbocycles. The number of fused-ring (bicyclic) bond motifs is 1. The smallest absolute Gasteiger partial charge is 0.142 e. The van der Waals surface area contributed by atoms with E-state index in [1.54, 1.807) is 7.11 Å². The van der Waals surface area contributed by atoms with Crippen LogP contribution in [0, 0.1) is 13.8 Å². The second-order valence-electron chi connectivity index (χ2n) is 4.77. The molecule has 0 radical (unpaired) electrons. The van der Waals surface area contributed by atoms with Crippen LogP contribution in [0.4, 0.5) is 0 Å². The number of hydrogen-bond acceptors (Lipinski definition) is 2. The average molecular weight is 252 g/mol. The molecule has 0 unspecified atom stereocenters. The predicted molar refractivity (Wildman–Crippen MR) is 77.6 cm³/mol. The van der Waals surface area contributed by atoms with Gasteiger partial charge >= 0.3 is 0 Å². The van der Waals surface area contributed by atoms with Gasteiger partial charge in [-0.15, -0.1) is 0 Å². The van der Waals surface area contributed by atoms with Gasteiger partial charge in [0.15, 0.2) is 0 Å². The van der Waals surface area contributed by atoms with Crippen molar-refractivity contribution in [3.05, 3.63) is 47.5 Å². The minimum atomic E-state index is 0.852. The third kappa shape index (κ3) is 1.97. The third-order valence-electron chi connectivity index (χ3n) is 3.27. The van der Waals surface area contributed by atoms with E-state index in [-0.39, 0.29) is 0 Å². The minimum Gasteiger partial charge on any atom is -0.496 e. The molecule has 96 valence electrons. The topological polar surface area (TPSA) is 37.9 Å². The summed E-state index contributed by atoms with van der Waals surface area (Å²) in [7, 11) is 1.70. The van der Waals surface area contributed by atoms with E-state index < -0.39 is 0 Å². The number of H-pyrrole nitrogens is 1. The Balaban J connectivity index is 2.25. The number of nitrogens with one attached hydrogen (secondary N) is 1. The van der Waals surface area contributed by atoms with Crippen molar-refractivity contribution >= 4 is 11.0 Å². The van der Waals surface area contributed by atoms with Gasteiger partial charge in [-0.25, -0.2) is 4.98 Å². The molecule has 0 aliphatic rings. The summed E-state index contributed by atoms with van der Waals surface area (Å²) in [5.74, 6) is 1.73. The maximum atomic E-state index is 5.52. The minimum absolute atomic E-state index is 0.852. The third-order valence-corrected chi connectivity index (χ3v) is 3.27. The highest BCUT2D eigenvalue weighted by molar-refractivity contribution is 5.81. The molecule has 0 aliphatic heterocycles. The largest absolute Gasteiger partial charge is 0.496 e. The number of aryl methyl sites for hydroxylation is 2. The molecule has 3 heteroatoms. The Labute approximate surface area is 112 Å². The molecule has 3 rings (SSSR count). The molecule has 3 aromatic rings. The van der Waals surface area contributed by atoms with Crippen molar-refractivity contribution < 1.29 is 4.74 Å². The fraction of sp³-hybridized carbons (Fsp3) is 0.188. The Bertz CT molecular complexity index is 711. The van der Waals surface area contributed by atoms with Crippen LogP contribution in [0.2, 0.25) is 0 Å². The Morgan fingerprint density at radius 3 is 2.63 bits per heavy atom. The van der Waals surface area contributed by atoms with Gasteiger partial charge in [0.1, 0.15) is 11.6 Å². The van der Waals surface area contributed by atoms with Gasteiger partial charge in [-0.3, -0.25) is 0 Å². The Morgan fingerprint density at radius 1 is 1.11 bits per heavy atom. The van der Waals surface area contributed by atoms with Crippen LogP contribution in [0.1, 0.15) is 11.1 Å². The molecule has 0 atom stereocenters. The molecule has 1 heterocycles. The van der Waals surface area contributed by atoms with E-state index in [2.05, 4.69) is 35.9 Å². The van der Waals surface area contributed by atoms with Crippen LogP contribution in [0.25, 0.3) is 22.4 Å². The quantitative estimate of drug-likeness (QED) is 0.752. The summed E-state index contributed by atoms with van der Waals surface area (Å²) in [6, 6.07) is 12.2. The zero-order valence-electron chi connectivity index (χ0n) is 11.3. The first-order chi connectivity index (χ1) is 9.19. The second kappa shape index (κ2) is 4.43. The van der Waals surface area contributed by atoms with Crippen molar-refractivity contribution in [2.24, 2.45) is 0 Å². The molecule has 0 spiro atoms. The molecule has 0 aliphatic carbocycles. The first-order valence-corrected chi connectivity index (χ1v) is 6.29. The number of hydrogen-bond donors (Lipinski definition) is 1. The summed E-state index contributed by atoms with van der Waals surface area (Å²) in [5.41, 5.74) is 5.35. The Kier molecular flexibility index (Phi) is 2.75. The first kappa shape index (κ1) is 11.8. The zero-order valence-corrected chi connectivity index (χ0v) is 11.3. The second-order valence-corrected chi connectivity index (χ2v) is 4.77. The summed E-state index contributed by atoms with van der Waals surface area (Å²) in [6.45, 7) is 4.14. The SMILES string of the molecule is COc1c(C)cc(C)cc1-c1nc2ccccc2[nH]1. The number of imidazole rings is 1. The average Bonchev–Trinajstić information content (AvgIpc) is 2.81. The molecule has 1 aromatic heterocycles. The maximum absolute atomic E-state index is 5.52. The van der Waals surface area contributed by atoms with Gasteiger partial charge in [-0.2, -0.15) is 0 Å². The van der Waals surface area contributed by atoms with Gasteiger partial charge in [0, 0.05) is 0 Å². The van der Waals surface area contributed by atoms with E-state index >= 15 is 0 Å². The number of benzene rings is 2. The molecular weight excluding hydrogens is 236 g/mol. The summed E-state index contributed by atoms with van der Waals surface area (Å²) in [4.78, 5) is 7.99. The zero-order chi connectivity index (χ0) is 13.4. The summed E-state index contributed by atoms with van der Waals surface area (Å²) in [5, 5.41) is 0. The lowest BCUT2D eigenvalue weighted by Crippen LogP contribution is -1.93. The monoisotopic (exact) mass is 252 g/mol. The summed E-state index contributed by atoms with van der Waals surface area (Å²) in [6.07, 6.45) is 0. The molecule has 0 amide bonds. The molecule has 19 heavy (non-hydrogen) atoms. The molecule has 3 nitrogen and oxygen atoms in total. The Morgan fingerprint density at radius 2 is 1.89 bits per heavy atom. The van der Waals surface area contributed by atoms with Gasteiger partial charge in [-0.05, 0) is 43.2 Å². The number of aromatic nitrogens is 2. The Hall–Kier alpha value is -2.29. The lowest BCUT2D eigenvalue weighted by atomic mass is 10.1. The molecule has 1 N–H and O–H groups in total. The van der Waals surface area contributed by atoms with E-state index in [1.165, 1.54) is 5.56 Å². The number of para-hydroxylation sites is 2. The van der Waals surface area contributed by atoms with Crippen LogP contribution < -0.4 is 4.74 Å². The van der Waals surface area contributed by atoms with Crippen molar-refractivity contribution in [2.45, 2.75) is 13.8 Å².